The first-order valence-corrected chi connectivity index (χ1v) is 5.46. The minimum absolute atomic E-state index is 0.306. The number of carbonyl (C=O) groups excluding carboxylic acids is 2. The molecule has 2 rings (SSSR count). The van der Waals surface area contributed by atoms with Crippen molar-refractivity contribution in [1.82, 2.24) is 0 Å². The molecule has 0 aromatic heterocycles. The number of nitrogens with zero attached hydrogens (tertiary/aromatic N) is 1. The fourth-order valence-electron chi connectivity index (χ4n) is 1.65. The number of anilines is 1. The van der Waals surface area contributed by atoms with Gasteiger partial charge in [-0.05, 0) is 25.5 Å². The number of hydrogen-bond acceptors (Lipinski definition) is 3. The summed E-state index contributed by atoms with van der Waals surface area (Å²) in [6, 6.07) is 8.86. The standard InChI is InChI=1S/C13H13NO3/c1-2-3-9-11-12(15)14(17-13(11)16)10-7-5-4-6-8-10/h2-8,11H,9H2,1H3/b3-2-. The molecule has 0 bridgehead atoms. The number of para-hydroxylation sites is 1. The van der Waals surface area contributed by atoms with Gasteiger partial charge in [0.25, 0.3) is 5.91 Å². The molecule has 4 heteroatoms. The summed E-state index contributed by atoms with van der Waals surface area (Å²) < 4.78 is 0. The monoisotopic (exact) mass is 231 g/mol. The number of benzene rings is 1. The van der Waals surface area contributed by atoms with Gasteiger partial charge in [-0.3, -0.25) is 4.79 Å². The molecule has 0 aliphatic carbocycles. The van der Waals surface area contributed by atoms with E-state index in [1.807, 2.05) is 19.1 Å². The number of hydrogen-bond donors (Lipinski definition) is 0. The average Bonchev–Trinajstić information content (AvgIpc) is 2.64. The van der Waals surface area contributed by atoms with E-state index < -0.39 is 11.9 Å². The van der Waals surface area contributed by atoms with Crippen molar-refractivity contribution in [3.8, 4) is 0 Å². The van der Waals surface area contributed by atoms with Gasteiger partial charge in [-0.15, -0.1) is 5.06 Å². The molecular weight excluding hydrogens is 218 g/mol. The molecule has 4 nitrogen and oxygen atoms in total. The highest BCUT2D eigenvalue weighted by Crippen LogP contribution is 2.25. The van der Waals surface area contributed by atoms with Crippen molar-refractivity contribution in [1.29, 1.82) is 0 Å². The molecule has 1 aliphatic rings. The van der Waals surface area contributed by atoms with Crippen LogP contribution in [0.2, 0.25) is 0 Å². The molecule has 0 spiro atoms. The van der Waals surface area contributed by atoms with Gasteiger partial charge in [-0.2, -0.15) is 0 Å². The molecule has 1 saturated heterocycles. The third-order valence-electron chi connectivity index (χ3n) is 2.56. The Morgan fingerprint density at radius 3 is 2.65 bits per heavy atom. The highest BCUT2D eigenvalue weighted by molar-refractivity contribution is 6.10. The Balaban J connectivity index is 2.19. The molecule has 1 heterocycles. The van der Waals surface area contributed by atoms with E-state index >= 15 is 0 Å². The molecule has 1 atom stereocenters. The van der Waals surface area contributed by atoms with Gasteiger partial charge >= 0.3 is 5.97 Å². The number of rotatable bonds is 3. The van der Waals surface area contributed by atoms with E-state index in [9.17, 15) is 9.59 Å². The topological polar surface area (TPSA) is 46.6 Å². The molecule has 1 unspecified atom stereocenters. The van der Waals surface area contributed by atoms with Crippen LogP contribution in [0.25, 0.3) is 0 Å². The lowest BCUT2D eigenvalue weighted by Gasteiger charge is -2.12. The lowest BCUT2D eigenvalue weighted by molar-refractivity contribution is -0.142. The van der Waals surface area contributed by atoms with Crippen LogP contribution in [-0.4, -0.2) is 11.9 Å². The second-order valence-electron chi connectivity index (χ2n) is 3.74. The first kappa shape index (κ1) is 11.4. The maximum Gasteiger partial charge on any atom is 0.345 e. The summed E-state index contributed by atoms with van der Waals surface area (Å²) in [4.78, 5) is 28.5. The molecule has 0 radical (unpaired) electrons. The fraction of sp³-hybridized carbons (Fsp3) is 0.231. The van der Waals surface area contributed by atoms with Gasteiger partial charge in [0.2, 0.25) is 0 Å². The van der Waals surface area contributed by atoms with Gasteiger partial charge in [0, 0.05) is 0 Å². The third-order valence-corrected chi connectivity index (χ3v) is 2.56. The van der Waals surface area contributed by atoms with E-state index in [2.05, 4.69) is 0 Å². The molecule has 1 fully saturated rings. The normalized spacial score (nSPS) is 20.1. The zero-order chi connectivity index (χ0) is 12.3. The smallest absolute Gasteiger partial charge is 0.332 e. The zero-order valence-corrected chi connectivity index (χ0v) is 9.50. The van der Waals surface area contributed by atoms with Crippen LogP contribution in [0.4, 0.5) is 5.69 Å². The molecule has 1 amide bonds. The Bertz CT molecular complexity index is 453. The second-order valence-corrected chi connectivity index (χ2v) is 3.74. The highest BCUT2D eigenvalue weighted by atomic mass is 16.7. The van der Waals surface area contributed by atoms with Gasteiger partial charge in [-0.25, -0.2) is 4.79 Å². The van der Waals surface area contributed by atoms with E-state index in [-0.39, 0.29) is 5.91 Å². The maximum atomic E-state index is 12.0. The number of allylic oxidation sites excluding steroid dienone is 2. The lowest BCUT2D eigenvalue weighted by Crippen LogP contribution is -2.25. The zero-order valence-electron chi connectivity index (χ0n) is 9.50. The van der Waals surface area contributed by atoms with E-state index in [1.165, 1.54) is 0 Å². The molecule has 17 heavy (non-hydrogen) atoms. The summed E-state index contributed by atoms with van der Waals surface area (Å²) in [6.07, 6.45) is 3.99. The van der Waals surface area contributed by atoms with Crippen molar-refractivity contribution in [3.63, 3.8) is 0 Å². The van der Waals surface area contributed by atoms with E-state index in [0.717, 1.165) is 5.06 Å². The summed E-state index contributed by atoms with van der Waals surface area (Å²) in [5.74, 6) is -1.51. The minimum atomic E-state index is -0.716. The molecule has 1 aromatic carbocycles. The SMILES string of the molecule is C/C=C\CC1C(=O)ON(c2ccccc2)C1=O. The summed E-state index contributed by atoms with van der Waals surface area (Å²) in [5.41, 5.74) is 0.578. The number of amides is 1. The van der Waals surface area contributed by atoms with Gasteiger partial charge in [0.05, 0.1) is 5.69 Å². The molecule has 1 aromatic rings. The van der Waals surface area contributed by atoms with Crippen LogP contribution in [-0.2, 0) is 14.4 Å². The predicted molar refractivity (Wildman–Crippen MR) is 62.9 cm³/mol. The van der Waals surface area contributed by atoms with Crippen molar-refractivity contribution in [2.45, 2.75) is 13.3 Å². The van der Waals surface area contributed by atoms with Gasteiger partial charge in [0.15, 0.2) is 0 Å². The Morgan fingerprint density at radius 1 is 1.29 bits per heavy atom. The van der Waals surface area contributed by atoms with Gasteiger partial charge in [-0.1, -0.05) is 30.4 Å². The number of hydroxylamine groups is 1. The Hall–Kier alpha value is -2.10. The minimum Gasteiger partial charge on any atom is -0.332 e. The van der Waals surface area contributed by atoms with Crippen molar-refractivity contribution < 1.29 is 14.4 Å². The van der Waals surface area contributed by atoms with Crippen LogP contribution >= 0.6 is 0 Å². The average molecular weight is 231 g/mol. The van der Waals surface area contributed by atoms with E-state index in [0.29, 0.717) is 12.1 Å². The van der Waals surface area contributed by atoms with Crippen LogP contribution in [0.3, 0.4) is 0 Å². The largest absolute Gasteiger partial charge is 0.345 e. The molecular formula is C13H13NO3. The van der Waals surface area contributed by atoms with Crippen molar-refractivity contribution in [2.75, 3.05) is 5.06 Å². The second kappa shape index (κ2) is 4.82. The Morgan fingerprint density at radius 2 is 2.00 bits per heavy atom. The van der Waals surface area contributed by atoms with Crippen LogP contribution in [0.5, 0.6) is 0 Å². The molecule has 0 N–H and O–H groups in total. The van der Waals surface area contributed by atoms with Crippen molar-refractivity contribution in [2.24, 2.45) is 5.92 Å². The summed E-state index contributed by atoms with van der Waals surface area (Å²) in [6.45, 7) is 1.85. The number of carbonyl (C=O) groups is 2. The van der Waals surface area contributed by atoms with Crippen molar-refractivity contribution >= 4 is 17.6 Å². The molecule has 88 valence electrons. The quantitative estimate of drug-likeness (QED) is 0.591. The predicted octanol–water partition coefficient (Wildman–Crippen LogP) is 2.07. The van der Waals surface area contributed by atoms with Crippen molar-refractivity contribution in [3.05, 3.63) is 42.5 Å². The first-order chi connectivity index (χ1) is 8.24. The third kappa shape index (κ3) is 2.20. The van der Waals surface area contributed by atoms with Crippen LogP contribution in [0.15, 0.2) is 42.5 Å². The summed E-state index contributed by atoms with van der Waals surface area (Å²) >= 11 is 0. The highest BCUT2D eigenvalue weighted by Gasteiger charge is 2.41. The molecule has 0 saturated carbocycles. The molecule has 1 aliphatic heterocycles. The first-order valence-electron chi connectivity index (χ1n) is 5.46. The summed E-state index contributed by atoms with van der Waals surface area (Å²) in [5, 5.41) is 1.07. The van der Waals surface area contributed by atoms with Crippen LogP contribution in [0.1, 0.15) is 13.3 Å². The van der Waals surface area contributed by atoms with E-state index in [4.69, 9.17) is 4.84 Å². The fourth-order valence-corrected chi connectivity index (χ4v) is 1.65. The van der Waals surface area contributed by atoms with Crippen LogP contribution in [0, 0.1) is 5.92 Å². The summed E-state index contributed by atoms with van der Waals surface area (Å²) in [7, 11) is 0. The lowest BCUT2D eigenvalue weighted by atomic mass is 10.1. The Labute approximate surface area is 99.4 Å². The van der Waals surface area contributed by atoms with Gasteiger partial charge in [0.1, 0.15) is 5.92 Å². The van der Waals surface area contributed by atoms with Crippen LogP contribution < -0.4 is 5.06 Å². The Kier molecular flexibility index (Phi) is 3.23. The van der Waals surface area contributed by atoms with E-state index in [1.54, 1.807) is 30.3 Å². The maximum absolute atomic E-state index is 12.0. The van der Waals surface area contributed by atoms with Gasteiger partial charge < -0.3 is 4.84 Å².